The fourth-order valence-electron chi connectivity index (χ4n) is 3.49. The number of nitrogens with zero attached hydrogens (tertiary/aromatic N) is 2. The molecule has 0 aliphatic carbocycles. The maximum absolute atomic E-state index is 10.7. The minimum atomic E-state index is -0.828. The number of benzene rings is 2. The molecule has 3 rings (SSSR count). The second kappa shape index (κ2) is 8.89. The molecule has 2 aromatic carbocycles. The van der Waals surface area contributed by atoms with Crippen LogP contribution in [0.2, 0.25) is 0 Å². The van der Waals surface area contributed by atoms with E-state index in [-0.39, 0.29) is 13.0 Å². The van der Waals surface area contributed by atoms with Crippen LogP contribution in [-0.2, 0) is 16.2 Å². The lowest BCUT2D eigenvalue weighted by molar-refractivity contribution is -0.137. The maximum atomic E-state index is 10.7. The lowest BCUT2D eigenvalue weighted by Crippen LogP contribution is -2.16. The number of aliphatic carboxylic acids is 1. The average molecular weight is 381 g/mol. The van der Waals surface area contributed by atoms with E-state index >= 15 is 0 Å². The molecule has 28 heavy (non-hydrogen) atoms. The number of hydrogen-bond donors (Lipinski definition) is 2. The Morgan fingerprint density at radius 3 is 2.68 bits per heavy atom. The molecule has 1 heterocycles. The van der Waals surface area contributed by atoms with Crippen molar-refractivity contribution in [1.29, 1.82) is 0 Å². The molecule has 0 aliphatic heterocycles. The van der Waals surface area contributed by atoms with E-state index in [1.54, 1.807) is 0 Å². The largest absolute Gasteiger partial charge is 0.481 e. The Balaban J connectivity index is 2.22. The third-order valence-electron chi connectivity index (χ3n) is 5.04. The second-order valence-corrected chi connectivity index (χ2v) is 6.99. The lowest BCUT2D eigenvalue weighted by Gasteiger charge is -2.18. The van der Waals surface area contributed by atoms with Gasteiger partial charge in [-0.3, -0.25) is 4.79 Å². The molecule has 6 nitrogen and oxygen atoms in total. The van der Waals surface area contributed by atoms with Gasteiger partial charge in [0.25, 0.3) is 0 Å². The van der Waals surface area contributed by atoms with Gasteiger partial charge in [-0.25, -0.2) is 0 Å². The topological polar surface area (TPSA) is 89.8 Å². The summed E-state index contributed by atoms with van der Waals surface area (Å²) in [7, 11) is 0. The molecule has 0 spiro atoms. The molecule has 6 heteroatoms. The van der Waals surface area contributed by atoms with Crippen LogP contribution >= 0.6 is 0 Å². The van der Waals surface area contributed by atoms with Gasteiger partial charge in [0.2, 0.25) is 0 Å². The van der Waals surface area contributed by atoms with E-state index < -0.39 is 5.97 Å². The van der Waals surface area contributed by atoms with Crippen molar-refractivity contribution in [1.82, 2.24) is 4.57 Å². The monoisotopic (exact) mass is 381 g/mol. The number of para-hydroxylation sites is 1. The molecular formula is C22H27N3O3. The number of aryl methyl sites for hydroxylation is 3. The highest BCUT2D eigenvalue weighted by atomic mass is 16.6. The summed E-state index contributed by atoms with van der Waals surface area (Å²) in [6.07, 6.45) is 1.39. The van der Waals surface area contributed by atoms with E-state index in [2.05, 4.69) is 41.8 Å². The van der Waals surface area contributed by atoms with Gasteiger partial charge in [0.15, 0.2) is 0 Å². The SMILES string of the molecule is Cc1ccc2/c(=N/OCCCC(=O)O)c3ccccc3n(CCCN)c2c1C. The molecule has 0 aliphatic rings. The zero-order valence-electron chi connectivity index (χ0n) is 16.4. The van der Waals surface area contributed by atoms with E-state index in [0.29, 0.717) is 13.0 Å². The summed E-state index contributed by atoms with van der Waals surface area (Å²) >= 11 is 0. The van der Waals surface area contributed by atoms with Crippen LogP contribution in [0.15, 0.2) is 41.6 Å². The van der Waals surface area contributed by atoms with Gasteiger partial charge in [-0.05, 0) is 50.4 Å². The fourth-order valence-corrected chi connectivity index (χ4v) is 3.49. The number of aromatic nitrogens is 1. The van der Waals surface area contributed by atoms with E-state index in [1.165, 1.54) is 11.1 Å². The first-order chi connectivity index (χ1) is 13.5. The first-order valence-electron chi connectivity index (χ1n) is 9.64. The molecule has 0 bridgehead atoms. The van der Waals surface area contributed by atoms with Crippen LogP contribution in [0.4, 0.5) is 0 Å². The Hall–Kier alpha value is -2.86. The summed E-state index contributed by atoms with van der Waals surface area (Å²) in [4.78, 5) is 16.2. The van der Waals surface area contributed by atoms with Crippen LogP contribution in [-0.4, -0.2) is 28.8 Å². The summed E-state index contributed by atoms with van der Waals surface area (Å²) in [5.41, 5.74) is 10.4. The highest BCUT2D eigenvalue weighted by Gasteiger charge is 2.13. The molecule has 148 valence electrons. The standard InChI is InChI=1S/C22H27N3O3/c1-15-10-11-18-21(24-28-14-5-9-20(26)27)17-7-3-4-8-19(17)25(13-6-12-23)22(18)16(15)2/h3-4,7-8,10-11H,5-6,9,12-14,23H2,1-2H3,(H,26,27)/b24-21+. The first-order valence-corrected chi connectivity index (χ1v) is 9.64. The Morgan fingerprint density at radius 1 is 1.14 bits per heavy atom. The number of carboxylic acids is 1. The zero-order chi connectivity index (χ0) is 20.1. The van der Waals surface area contributed by atoms with Crippen molar-refractivity contribution < 1.29 is 14.7 Å². The summed E-state index contributed by atoms with van der Waals surface area (Å²) in [5.74, 6) is -0.828. The first kappa shape index (κ1) is 19.9. The normalized spacial score (nSPS) is 12.0. The summed E-state index contributed by atoms with van der Waals surface area (Å²) in [6, 6.07) is 12.3. The quantitative estimate of drug-likeness (QED) is 0.355. The van der Waals surface area contributed by atoms with Crippen molar-refractivity contribution in [3.63, 3.8) is 0 Å². The van der Waals surface area contributed by atoms with Crippen LogP contribution < -0.4 is 11.1 Å². The van der Waals surface area contributed by atoms with Crippen LogP contribution in [0.25, 0.3) is 21.8 Å². The molecular weight excluding hydrogens is 354 g/mol. The number of carbonyl (C=O) groups is 1. The Kier molecular flexibility index (Phi) is 6.31. The summed E-state index contributed by atoms with van der Waals surface area (Å²) < 4.78 is 2.32. The molecule has 0 fully saturated rings. The highest BCUT2D eigenvalue weighted by molar-refractivity contribution is 5.95. The minimum Gasteiger partial charge on any atom is -0.481 e. The van der Waals surface area contributed by atoms with Gasteiger partial charge in [-0.15, -0.1) is 0 Å². The maximum Gasteiger partial charge on any atom is 0.303 e. The molecule has 3 N–H and O–H groups in total. The summed E-state index contributed by atoms with van der Waals surface area (Å²) in [6.45, 7) is 5.97. The van der Waals surface area contributed by atoms with Crippen LogP contribution in [0.3, 0.4) is 0 Å². The van der Waals surface area contributed by atoms with Gasteiger partial charge >= 0.3 is 5.97 Å². The van der Waals surface area contributed by atoms with Crippen molar-refractivity contribution in [2.24, 2.45) is 10.9 Å². The molecule has 0 unspecified atom stereocenters. The van der Waals surface area contributed by atoms with Crippen molar-refractivity contribution in [2.75, 3.05) is 13.2 Å². The molecule has 0 radical (unpaired) electrons. The average Bonchev–Trinajstić information content (AvgIpc) is 2.69. The zero-order valence-corrected chi connectivity index (χ0v) is 16.4. The van der Waals surface area contributed by atoms with E-state index in [9.17, 15) is 4.79 Å². The van der Waals surface area contributed by atoms with Crippen LogP contribution in [0, 0.1) is 13.8 Å². The molecule has 0 amide bonds. The van der Waals surface area contributed by atoms with E-state index in [0.717, 1.165) is 40.1 Å². The van der Waals surface area contributed by atoms with Gasteiger partial charge in [-0.2, -0.15) is 0 Å². The van der Waals surface area contributed by atoms with Gasteiger partial charge in [0, 0.05) is 23.7 Å². The van der Waals surface area contributed by atoms with Gasteiger partial charge in [0.1, 0.15) is 12.0 Å². The Morgan fingerprint density at radius 2 is 1.93 bits per heavy atom. The van der Waals surface area contributed by atoms with Crippen molar-refractivity contribution >= 4 is 27.8 Å². The Bertz CT molecular complexity index is 1070. The number of carboxylic acid groups (broad SMARTS) is 1. The third kappa shape index (κ3) is 4.02. The molecule has 3 aromatic rings. The van der Waals surface area contributed by atoms with Gasteiger partial charge in [-0.1, -0.05) is 35.5 Å². The number of hydrogen-bond acceptors (Lipinski definition) is 4. The number of nitrogens with two attached hydrogens (primary N) is 1. The van der Waals surface area contributed by atoms with E-state index in [4.69, 9.17) is 15.7 Å². The van der Waals surface area contributed by atoms with Crippen molar-refractivity contribution in [2.45, 2.75) is 39.7 Å². The minimum absolute atomic E-state index is 0.0726. The molecule has 0 atom stereocenters. The van der Waals surface area contributed by atoms with Crippen LogP contribution in [0.1, 0.15) is 30.4 Å². The van der Waals surface area contributed by atoms with Crippen LogP contribution in [0.5, 0.6) is 0 Å². The third-order valence-corrected chi connectivity index (χ3v) is 5.04. The number of rotatable bonds is 8. The second-order valence-electron chi connectivity index (χ2n) is 6.99. The van der Waals surface area contributed by atoms with E-state index in [1.807, 2.05) is 18.2 Å². The smallest absolute Gasteiger partial charge is 0.303 e. The molecule has 1 aromatic heterocycles. The molecule has 0 saturated heterocycles. The number of fused-ring (bicyclic) bond motifs is 2. The predicted octanol–water partition coefficient (Wildman–Crippen LogP) is 3.46. The van der Waals surface area contributed by atoms with Crippen molar-refractivity contribution in [3.8, 4) is 0 Å². The van der Waals surface area contributed by atoms with Crippen molar-refractivity contribution in [3.05, 3.63) is 52.9 Å². The van der Waals surface area contributed by atoms with Gasteiger partial charge in [0.05, 0.1) is 11.0 Å². The fraction of sp³-hybridized carbons (Fsp3) is 0.364. The Labute approximate surface area is 164 Å². The highest BCUT2D eigenvalue weighted by Crippen LogP contribution is 2.24. The lowest BCUT2D eigenvalue weighted by atomic mass is 10.0. The predicted molar refractivity (Wildman–Crippen MR) is 111 cm³/mol. The number of pyridine rings is 1. The van der Waals surface area contributed by atoms with Gasteiger partial charge < -0.3 is 20.2 Å². The summed E-state index contributed by atoms with van der Waals surface area (Å²) in [5, 5.41) is 16.0. The molecule has 0 saturated carbocycles.